The largest absolute Gasteiger partial charge is 0.497 e. The van der Waals surface area contributed by atoms with E-state index in [-0.39, 0.29) is 13.0 Å². The number of hydrogen-bond donors (Lipinski definition) is 1. The van der Waals surface area contributed by atoms with E-state index in [2.05, 4.69) is 5.32 Å². The summed E-state index contributed by atoms with van der Waals surface area (Å²) in [4.78, 5) is 25.7. The number of carbonyl (C=O) groups excluding carboxylic acids is 2. The number of methoxy groups -OCH3 is 1. The van der Waals surface area contributed by atoms with Crippen LogP contribution in [-0.4, -0.2) is 25.6 Å². The molecule has 0 spiro atoms. The Kier molecular flexibility index (Phi) is 4.68. The van der Waals surface area contributed by atoms with Crippen LogP contribution in [0.3, 0.4) is 0 Å². The van der Waals surface area contributed by atoms with Crippen LogP contribution in [0.2, 0.25) is 5.02 Å². The molecule has 0 fully saturated rings. The zero-order valence-electron chi connectivity index (χ0n) is 14.0. The molecule has 6 heteroatoms. The molecule has 130 valence electrons. The van der Waals surface area contributed by atoms with Crippen molar-refractivity contribution in [3.8, 4) is 5.75 Å². The van der Waals surface area contributed by atoms with Gasteiger partial charge in [0.2, 0.25) is 5.91 Å². The molecule has 0 bridgehead atoms. The molecule has 3 rings (SSSR count). The molecule has 0 saturated heterocycles. The maximum Gasteiger partial charge on any atom is 0.326 e. The number of halogens is 1. The Morgan fingerprint density at radius 1 is 1.20 bits per heavy atom. The van der Waals surface area contributed by atoms with Crippen molar-refractivity contribution in [2.75, 3.05) is 19.0 Å². The Labute approximate surface area is 150 Å². The maximum atomic E-state index is 12.9. The molecular weight excluding hydrogens is 342 g/mol. The fraction of sp³-hybridized carbons (Fsp3) is 0.263. The average molecular weight is 360 g/mol. The van der Waals surface area contributed by atoms with Crippen molar-refractivity contribution in [2.45, 2.75) is 18.8 Å². The summed E-state index contributed by atoms with van der Waals surface area (Å²) < 4.78 is 10.5. The fourth-order valence-corrected chi connectivity index (χ4v) is 3.22. The number of hydrogen-bond acceptors (Lipinski definition) is 4. The van der Waals surface area contributed by atoms with Crippen molar-refractivity contribution in [1.82, 2.24) is 0 Å². The second-order valence-electron chi connectivity index (χ2n) is 5.79. The number of carbonyl (C=O) groups is 2. The second-order valence-corrected chi connectivity index (χ2v) is 6.23. The van der Waals surface area contributed by atoms with Gasteiger partial charge in [-0.3, -0.25) is 9.59 Å². The van der Waals surface area contributed by atoms with E-state index in [4.69, 9.17) is 21.1 Å². The third kappa shape index (κ3) is 2.96. The van der Waals surface area contributed by atoms with E-state index in [0.717, 1.165) is 5.56 Å². The fourth-order valence-electron chi connectivity index (χ4n) is 3.09. The summed E-state index contributed by atoms with van der Waals surface area (Å²) in [5.41, 5.74) is 0.542. The first-order valence-electron chi connectivity index (χ1n) is 7.93. The number of fused-ring (bicyclic) bond motifs is 1. The minimum absolute atomic E-state index is 0.189. The van der Waals surface area contributed by atoms with Gasteiger partial charge < -0.3 is 14.8 Å². The SMILES string of the molecule is CCOC(=O)C1(Cc2ccc(Cl)cc2)C(=O)Nc2cc(OC)ccc21. The van der Waals surface area contributed by atoms with E-state index in [1.54, 1.807) is 56.5 Å². The van der Waals surface area contributed by atoms with Gasteiger partial charge in [0.1, 0.15) is 5.75 Å². The number of esters is 1. The minimum Gasteiger partial charge on any atom is -0.497 e. The van der Waals surface area contributed by atoms with Crippen LogP contribution in [0.25, 0.3) is 0 Å². The number of nitrogens with one attached hydrogen (secondary N) is 1. The monoisotopic (exact) mass is 359 g/mol. The van der Waals surface area contributed by atoms with Crippen molar-refractivity contribution in [3.05, 3.63) is 58.6 Å². The Morgan fingerprint density at radius 3 is 2.56 bits per heavy atom. The van der Waals surface area contributed by atoms with Crippen LogP contribution in [0.1, 0.15) is 18.1 Å². The molecule has 1 heterocycles. The third-order valence-corrected chi connectivity index (χ3v) is 4.58. The van der Waals surface area contributed by atoms with E-state index in [0.29, 0.717) is 22.0 Å². The number of rotatable bonds is 5. The third-order valence-electron chi connectivity index (χ3n) is 4.33. The predicted octanol–water partition coefficient (Wildman–Crippen LogP) is 3.34. The first-order chi connectivity index (χ1) is 12.0. The standard InChI is InChI=1S/C19H18ClNO4/c1-3-25-18(23)19(11-12-4-6-13(20)7-5-12)15-9-8-14(24-2)10-16(15)21-17(19)22/h4-10H,3,11H2,1-2H3,(H,21,22). The Morgan fingerprint density at radius 2 is 1.92 bits per heavy atom. The average Bonchev–Trinajstić information content (AvgIpc) is 2.89. The highest BCUT2D eigenvalue weighted by Gasteiger charge is 2.54. The summed E-state index contributed by atoms with van der Waals surface area (Å²) >= 11 is 5.93. The molecule has 5 nitrogen and oxygen atoms in total. The van der Waals surface area contributed by atoms with Gasteiger partial charge in [0.05, 0.1) is 13.7 Å². The van der Waals surface area contributed by atoms with Gasteiger partial charge in [-0.05, 0) is 30.7 Å². The molecule has 0 saturated carbocycles. The van der Waals surface area contributed by atoms with E-state index in [1.165, 1.54) is 0 Å². The quantitative estimate of drug-likeness (QED) is 0.657. The van der Waals surface area contributed by atoms with Gasteiger partial charge in [-0.1, -0.05) is 29.8 Å². The highest BCUT2D eigenvalue weighted by molar-refractivity contribution is 6.30. The van der Waals surface area contributed by atoms with Gasteiger partial charge >= 0.3 is 5.97 Å². The Hall–Kier alpha value is -2.53. The smallest absolute Gasteiger partial charge is 0.326 e. The van der Waals surface area contributed by atoms with Crippen LogP contribution >= 0.6 is 11.6 Å². The van der Waals surface area contributed by atoms with E-state index in [9.17, 15) is 9.59 Å². The molecule has 1 aliphatic rings. The zero-order chi connectivity index (χ0) is 18.0. The van der Waals surface area contributed by atoms with Crippen LogP contribution < -0.4 is 10.1 Å². The molecule has 0 aromatic heterocycles. The van der Waals surface area contributed by atoms with Crippen molar-refractivity contribution in [1.29, 1.82) is 0 Å². The lowest BCUT2D eigenvalue weighted by atomic mass is 9.76. The number of anilines is 1. The van der Waals surface area contributed by atoms with E-state index < -0.39 is 17.3 Å². The van der Waals surface area contributed by atoms with Crippen molar-refractivity contribution >= 4 is 29.2 Å². The lowest BCUT2D eigenvalue weighted by Crippen LogP contribution is -2.45. The normalized spacial score (nSPS) is 18.4. The van der Waals surface area contributed by atoms with Gasteiger partial charge in [-0.25, -0.2) is 0 Å². The molecular formula is C19H18ClNO4. The zero-order valence-corrected chi connectivity index (χ0v) is 14.7. The molecule has 1 N–H and O–H groups in total. The van der Waals surface area contributed by atoms with Crippen molar-refractivity contribution in [2.24, 2.45) is 0 Å². The first-order valence-corrected chi connectivity index (χ1v) is 8.30. The number of benzene rings is 2. The highest BCUT2D eigenvalue weighted by atomic mass is 35.5. The molecule has 0 radical (unpaired) electrons. The lowest BCUT2D eigenvalue weighted by Gasteiger charge is -2.25. The molecule has 25 heavy (non-hydrogen) atoms. The number of ether oxygens (including phenoxy) is 2. The van der Waals surface area contributed by atoms with Gasteiger partial charge in [-0.15, -0.1) is 0 Å². The van der Waals surface area contributed by atoms with Gasteiger partial charge in [0.15, 0.2) is 5.41 Å². The highest BCUT2D eigenvalue weighted by Crippen LogP contribution is 2.43. The molecule has 2 aromatic rings. The Balaban J connectivity index is 2.11. The lowest BCUT2D eigenvalue weighted by molar-refractivity contribution is -0.153. The Bertz CT molecular complexity index is 819. The minimum atomic E-state index is -1.43. The summed E-state index contributed by atoms with van der Waals surface area (Å²) in [6.07, 6.45) is 0.189. The second kappa shape index (κ2) is 6.76. The van der Waals surface area contributed by atoms with Crippen LogP contribution in [0.5, 0.6) is 5.75 Å². The van der Waals surface area contributed by atoms with E-state index >= 15 is 0 Å². The van der Waals surface area contributed by atoms with Crippen LogP contribution in [-0.2, 0) is 26.2 Å². The van der Waals surface area contributed by atoms with Crippen LogP contribution in [0, 0.1) is 0 Å². The van der Waals surface area contributed by atoms with E-state index in [1.807, 2.05) is 0 Å². The summed E-state index contributed by atoms with van der Waals surface area (Å²) in [6, 6.07) is 12.2. The number of amides is 1. The summed E-state index contributed by atoms with van der Waals surface area (Å²) in [5, 5.41) is 3.38. The first kappa shape index (κ1) is 17.3. The van der Waals surface area contributed by atoms with Crippen LogP contribution in [0.15, 0.2) is 42.5 Å². The summed E-state index contributed by atoms with van der Waals surface area (Å²) in [7, 11) is 1.55. The molecule has 2 aromatic carbocycles. The molecule has 1 aliphatic heterocycles. The summed E-state index contributed by atoms with van der Waals surface area (Å²) in [6.45, 7) is 1.91. The van der Waals surface area contributed by atoms with Crippen molar-refractivity contribution < 1.29 is 19.1 Å². The molecule has 0 aliphatic carbocycles. The topological polar surface area (TPSA) is 64.6 Å². The predicted molar refractivity (Wildman–Crippen MR) is 95.1 cm³/mol. The molecule has 1 atom stereocenters. The summed E-state index contributed by atoms with van der Waals surface area (Å²) in [5.74, 6) is -0.360. The molecule has 1 unspecified atom stereocenters. The van der Waals surface area contributed by atoms with Gasteiger partial charge in [-0.2, -0.15) is 0 Å². The maximum absolute atomic E-state index is 12.9. The van der Waals surface area contributed by atoms with Crippen molar-refractivity contribution in [3.63, 3.8) is 0 Å². The van der Waals surface area contributed by atoms with Gasteiger partial charge in [0.25, 0.3) is 0 Å². The van der Waals surface area contributed by atoms with Gasteiger partial charge in [0, 0.05) is 28.8 Å². The van der Waals surface area contributed by atoms with Crippen LogP contribution in [0.4, 0.5) is 5.69 Å². The molecule has 1 amide bonds.